The smallest absolute Gasteiger partial charge is 0.0141 e. The highest BCUT2D eigenvalue weighted by molar-refractivity contribution is 4.66. The van der Waals surface area contributed by atoms with Crippen LogP contribution in [0.1, 0.15) is 39.5 Å². The van der Waals surface area contributed by atoms with Crippen molar-refractivity contribution in [3.05, 3.63) is 25.4 Å². The number of nitrogens with one attached hydrogen (secondary N) is 1. The molecule has 0 aliphatic heterocycles. The summed E-state index contributed by atoms with van der Waals surface area (Å²) in [6.07, 6.45) is 8.65. The van der Waals surface area contributed by atoms with Crippen LogP contribution in [0.5, 0.6) is 0 Å². The molecule has 0 aromatic carbocycles. The highest BCUT2D eigenvalue weighted by atomic mass is 14.8. The van der Waals surface area contributed by atoms with Crippen LogP contribution < -0.4 is 5.32 Å². The SMILES string of the molecule is C=CCCCCCNC=C.CC. The largest absolute Gasteiger partial charge is 0.391 e. The molecule has 0 aromatic rings. The van der Waals surface area contributed by atoms with Gasteiger partial charge in [0.25, 0.3) is 0 Å². The van der Waals surface area contributed by atoms with Crippen LogP contribution in [-0.2, 0) is 0 Å². The van der Waals surface area contributed by atoms with Crippen LogP contribution in [0.15, 0.2) is 25.4 Å². The molecule has 0 atom stereocenters. The Hall–Kier alpha value is -0.720. The van der Waals surface area contributed by atoms with Crippen LogP contribution in [-0.4, -0.2) is 6.54 Å². The van der Waals surface area contributed by atoms with Crippen LogP contribution in [0.25, 0.3) is 0 Å². The van der Waals surface area contributed by atoms with Crippen molar-refractivity contribution in [2.75, 3.05) is 6.54 Å². The van der Waals surface area contributed by atoms with E-state index in [1.54, 1.807) is 6.20 Å². The minimum absolute atomic E-state index is 1.06. The molecule has 0 aliphatic rings. The first-order valence-electron chi connectivity index (χ1n) is 4.87. The fourth-order valence-electron chi connectivity index (χ4n) is 0.795. The molecule has 0 saturated carbocycles. The van der Waals surface area contributed by atoms with Crippen LogP contribution in [0.3, 0.4) is 0 Å². The van der Waals surface area contributed by atoms with E-state index >= 15 is 0 Å². The lowest BCUT2D eigenvalue weighted by molar-refractivity contribution is 0.661. The minimum atomic E-state index is 1.06. The van der Waals surface area contributed by atoms with Crippen molar-refractivity contribution in [1.29, 1.82) is 0 Å². The highest BCUT2D eigenvalue weighted by Gasteiger charge is 1.84. The summed E-state index contributed by atoms with van der Waals surface area (Å²) in [5, 5.41) is 3.06. The topological polar surface area (TPSA) is 12.0 Å². The van der Waals surface area contributed by atoms with Crippen molar-refractivity contribution in [2.45, 2.75) is 39.5 Å². The van der Waals surface area contributed by atoms with Gasteiger partial charge in [0.05, 0.1) is 0 Å². The Morgan fingerprint density at radius 2 is 1.75 bits per heavy atom. The lowest BCUT2D eigenvalue weighted by Gasteiger charge is -1.98. The molecule has 0 radical (unpaired) electrons. The van der Waals surface area contributed by atoms with Crippen molar-refractivity contribution < 1.29 is 0 Å². The standard InChI is InChI=1S/C9H17N.C2H6/c1-3-5-6-7-8-9-10-4-2;1-2/h3-4,10H,1-2,5-9H2;1-2H3. The summed E-state index contributed by atoms with van der Waals surface area (Å²) in [4.78, 5) is 0. The van der Waals surface area contributed by atoms with E-state index in [4.69, 9.17) is 0 Å². The normalized spacial score (nSPS) is 7.83. The van der Waals surface area contributed by atoms with Gasteiger partial charge < -0.3 is 5.32 Å². The average Bonchev–Trinajstić information content (AvgIpc) is 2.15. The zero-order valence-electron chi connectivity index (χ0n) is 8.60. The average molecular weight is 169 g/mol. The molecule has 0 aliphatic carbocycles. The summed E-state index contributed by atoms with van der Waals surface area (Å²) in [7, 11) is 0. The number of unbranched alkanes of at least 4 members (excludes halogenated alkanes) is 3. The second kappa shape index (κ2) is 16.7. The van der Waals surface area contributed by atoms with Crippen molar-refractivity contribution in [3.8, 4) is 0 Å². The zero-order chi connectivity index (χ0) is 9.66. The number of allylic oxidation sites excluding steroid dienone is 1. The Balaban J connectivity index is 0. The van der Waals surface area contributed by atoms with Crippen LogP contribution >= 0.6 is 0 Å². The molecule has 12 heavy (non-hydrogen) atoms. The fourth-order valence-corrected chi connectivity index (χ4v) is 0.795. The maximum absolute atomic E-state index is 3.66. The molecular formula is C11H23N. The molecule has 1 N–H and O–H groups in total. The molecule has 1 nitrogen and oxygen atoms in total. The van der Waals surface area contributed by atoms with Gasteiger partial charge in [-0.05, 0) is 25.5 Å². The zero-order valence-corrected chi connectivity index (χ0v) is 8.60. The lowest BCUT2D eigenvalue weighted by atomic mass is 10.2. The summed E-state index contributed by atoms with van der Waals surface area (Å²) < 4.78 is 0. The van der Waals surface area contributed by atoms with Crippen molar-refractivity contribution in [3.63, 3.8) is 0 Å². The minimum Gasteiger partial charge on any atom is -0.391 e. The Morgan fingerprint density at radius 1 is 1.08 bits per heavy atom. The first-order valence-corrected chi connectivity index (χ1v) is 4.87. The van der Waals surface area contributed by atoms with Gasteiger partial charge in [-0.2, -0.15) is 0 Å². The summed E-state index contributed by atoms with van der Waals surface area (Å²) in [5.74, 6) is 0. The Kier molecular flexibility index (Phi) is 19.3. The van der Waals surface area contributed by atoms with Crippen LogP contribution in [0, 0.1) is 0 Å². The van der Waals surface area contributed by atoms with Crippen molar-refractivity contribution in [1.82, 2.24) is 5.32 Å². The van der Waals surface area contributed by atoms with Gasteiger partial charge in [-0.3, -0.25) is 0 Å². The van der Waals surface area contributed by atoms with Crippen LogP contribution in [0.4, 0.5) is 0 Å². The van der Waals surface area contributed by atoms with E-state index < -0.39 is 0 Å². The summed E-state index contributed by atoms with van der Waals surface area (Å²) in [6, 6.07) is 0. The Morgan fingerprint density at radius 3 is 2.25 bits per heavy atom. The van der Waals surface area contributed by atoms with Gasteiger partial charge in [0.2, 0.25) is 0 Å². The van der Waals surface area contributed by atoms with Crippen molar-refractivity contribution in [2.24, 2.45) is 0 Å². The van der Waals surface area contributed by atoms with Gasteiger partial charge in [0.15, 0.2) is 0 Å². The number of hydrogen-bond donors (Lipinski definition) is 1. The molecule has 1 heteroatoms. The third-order valence-electron chi connectivity index (χ3n) is 1.37. The second-order valence-electron chi connectivity index (χ2n) is 2.30. The summed E-state index contributed by atoms with van der Waals surface area (Å²) in [5.41, 5.74) is 0. The van der Waals surface area contributed by atoms with Gasteiger partial charge in [0.1, 0.15) is 0 Å². The number of hydrogen-bond acceptors (Lipinski definition) is 1. The molecule has 72 valence electrons. The summed E-state index contributed by atoms with van der Waals surface area (Å²) >= 11 is 0. The Bertz CT molecular complexity index is 75.0. The molecule has 0 unspecified atom stereocenters. The quantitative estimate of drug-likeness (QED) is 0.454. The first kappa shape index (κ1) is 13.8. The Labute approximate surface area is 77.6 Å². The maximum Gasteiger partial charge on any atom is 0.0141 e. The van der Waals surface area contributed by atoms with E-state index in [-0.39, 0.29) is 0 Å². The molecule has 0 saturated heterocycles. The van der Waals surface area contributed by atoms with Crippen LogP contribution in [0.2, 0.25) is 0 Å². The van der Waals surface area contributed by atoms with Gasteiger partial charge in [-0.15, -0.1) is 6.58 Å². The molecule has 0 spiro atoms. The predicted octanol–water partition coefficient (Wildman–Crippen LogP) is 3.49. The van der Waals surface area contributed by atoms with E-state index in [9.17, 15) is 0 Å². The molecule has 0 amide bonds. The third kappa shape index (κ3) is 16.1. The summed E-state index contributed by atoms with van der Waals surface area (Å²) in [6.45, 7) is 12.3. The number of rotatable bonds is 7. The van der Waals surface area contributed by atoms with E-state index in [0.29, 0.717) is 0 Å². The van der Waals surface area contributed by atoms with Gasteiger partial charge in [-0.25, -0.2) is 0 Å². The van der Waals surface area contributed by atoms with E-state index in [2.05, 4.69) is 18.5 Å². The van der Waals surface area contributed by atoms with Gasteiger partial charge in [-0.1, -0.05) is 32.9 Å². The lowest BCUT2D eigenvalue weighted by Crippen LogP contribution is -2.05. The molecular weight excluding hydrogens is 146 g/mol. The van der Waals surface area contributed by atoms with E-state index in [0.717, 1.165) is 13.0 Å². The van der Waals surface area contributed by atoms with Gasteiger partial charge in [0, 0.05) is 6.54 Å². The van der Waals surface area contributed by atoms with Crippen molar-refractivity contribution >= 4 is 0 Å². The monoisotopic (exact) mass is 169 g/mol. The molecule has 0 heterocycles. The van der Waals surface area contributed by atoms with E-state index in [1.165, 1.54) is 19.3 Å². The second-order valence-corrected chi connectivity index (χ2v) is 2.30. The first-order chi connectivity index (χ1) is 5.91. The van der Waals surface area contributed by atoms with E-state index in [1.807, 2.05) is 19.9 Å². The predicted molar refractivity (Wildman–Crippen MR) is 58.2 cm³/mol. The maximum atomic E-state index is 3.66. The third-order valence-corrected chi connectivity index (χ3v) is 1.37. The highest BCUT2D eigenvalue weighted by Crippen LogP contribution is 1.98. The van der Waals surface area contributed by atoms with Gasteiger partial charge >= 0.3 is 0 Å². The molecule has 0 rings (SSSR count). The fraction of sp³-hybridized carbons (Fsp3) is 0.636. The molecule has 0 fully saturated rings. The molecule has 0 bridgehead atoms. The molecule has 0 aromatic heterocycles.